The van der Waals surface area contributed by atoms with Gasteiger partial charge in [0.15, 0.2) is 0 Å². The molecule has 0 heterocycles. The third-order valence-electron chi connectivity index (χ3n) is 4.69. The summed E-state index contributed by atoms with van der Waals surface area (Å²) in [6.45, 7) is 6.76. The Morgan fingerprint density at radius 1 is 0.560 bits per heavy atom. The Kier molecular flexibility index (Phi) is 4.60. The van der Waals surface area contributed by atoms with Gasteiger partial charge in [0.2, 0.25) is 0 Å². The zero-order valence-corrected chi connectivity index (χ0v) is 21.6. The molecule has 5 heteroatoms. The van der Waals surface area contributed by atoms with Gasteiger partial charge in [0.1, 0.15) is 0 Å². The first-order valence-corrected chi connectivity index (χ1v) is 11.7. The fourth-order valence-corrected chi connectivity index (χ4v) is 5.95. The number of hydrogen-bond acceptors (Lipinski definition) is 0. The first kappa shape index (κ1) is 18.7. The van der Waals surface area contributed by atoms with Gasteiger partial charge in [-0.2, -0.15) is 0 Å². The second-order valence-corrected chi connectivity index (χ2v) is 11.4. The van der Waals surface area contributed by atoms with Gasteiger partial charge in [0.25, 0.3) is 0 Å². The van der Waals surface area contributed by atoms with Gasteiger partial charge in [-0.25, -0.2) is 0 Å². The van der Waals surface area contributed by atoms with E-state index in [1.54, 1.807) is 0 Å². The van der Waals surface area contributed by atoms with Crippen LogP contribution in [0.15, 0.2) is 46.6 Å². The molecule has 0 atom stereocenters. The molecule has 25 heavy (non-hydrogen) atoms. The predicted octanol–water partition coefficient (Wildman–Crippen LogP) is 9.69. The Labute approximate surface area is 188 Å². The molecule has 0 spiro atoms. The Balaban J connectivity index is 2.41. The molecule has 4 aromatic carbocycles. The Morgan fingerprint density at radius 2 is 0.880 bits per heavy atom. The Morgan fingerprint density at radius 3 is 1.20 bits per heavy atom. The lowest BCUT2D eigenvalue weighted by atomic mass is 9.83. The molecule has 0 radical (unpaired) electrons. The summed E-state index contributed by atoms with van der Waals surface area (Å²) >= 11 is 19.0. The highest BCUT2D eigenvalue weighted by atomic mass is 79.9. The highest BCUT2D eigenvalue weighted by Gasteiger charge is 2.23. The molecule has 0 aliphatic heterocycles. The van der Waals surface area contributed by atoms with E-state index in [1.807, 2.05) is 0 Å². The van der Waals surface area contributed by atoms with Crippen LogP contribution in [0.4, 0.5) is 0 Å². The minimum absolute atomic E-state index is 0.0747. The smallest absolute Gasteiger partial charge is 0.0403 e. The maximum atomic E-state index is 3.84. The van der Waals surface area contributed by atoms with Gasteiger partial charge in [-0.15, -0.1) is 0 Å². The van der Waals surface area contributed by atoms with Crippen LogP contribution >= 0.6 is 79.6 Å². The van der Waals surface area contributed by atoms with Crippen LogP contribution in [-0.4, -0.2) is 0 Å². The molecule has 128 valence electrons. The van der Waals surface area contributed by atoms with Crippen molar-refractivity contribution in [1.82, 2.24) is 0 Å². The molecule has 4 aromatic rings. The lowest BCUT2D eigenvalue weighted by Gasteiger charge is -2.24. The molecule has 0 N–H and O–H groups in total. The normalized spacial score (nSPS) is 12.8. The van der Waals surface area contributed by atoms with Crippen LogP contribution in [0.25, 0.3) is 32.3 Å². The minimum Gasteiger partial charge on any atom is -0.0561 e. The summed E-state index contributed by atoms with van der Waals surface area (Å²) in [6, 6.07) is 8.99. The average molecular weight is 653 g/mol. The summed E-state index contributed by atoms with van der Waals surface area (Å²) < 4.78 is 5.45. The maximum Gasteiger partial charge on any atom is 0.0403 e. The van der Waals surface area contributed by atoms with E-state index in [0.29, 0.717) is 0 Å². The third-order valence-corrected chi connectivity index (χ3v) is 9.51. The first-order valence-electron chi connectivity index (χ1n) is 7.75. The standard InChI is InChI=1S/C20H13Br5/c1-20(2,3)8-4-10-14-11(5-8)17(23)19(25)13-7-9(21)6-12(15(13)14)18(24)16(10)22/h4-7H,1-3H3. The van der Waals surface area contributed by atoms with Crippen molar-refractivity contribution in [3.05, 3.63) is 52.2 Å². The van der Waals surface area contributed by atoms with Gasteiger partial charge in [0, 0.05) is 22.4 Å². The van der Waals surface area contributed by atoms with E-state index in [-0.39, 0.29) is 5.41 Å². The molecule has 4 rings (SSSR count). The van der Waals surface area contributed by atoms with Crippen molar-refractivity contribution in [3.8, 4) is 0 Å². The largest absolute Gasteiger partial charge is 0.0561 e. The van der Waals surface area contributed by atoms with Crippen LogP contribution < -0.4 is 0 Å². The summed E-state index contributed by atoms with van der Waals surface area (Å²) in [4.78, 5) is 0. The van der Waals surface area contributed by atoms with Gasteiger partial charge in [-0.05, 0) is 131 Å². The number of halogens is 5. The van der Waals surface area contributed by atoms with E-state index >= 15 is 0 Å². The monoisotopic (exact) mass is 648 g/mol. The van der Waals surface area contributed by atoms with E-state index in [1.165, 1.54) is 37.9 Å². The van der Waals surface area contributed by atoms with Gasteiger partial charge < -0.3 is 0 Å². The maximum absolute atomic E-state index is 3.84. The average Bonchev–Trinajstić information content (AvgIpc) is 2.54. The topological polar surface area (TPSA) is 0 Å². The SMILES string of the molecule is CC(C)(C)c1cc2c(Br)c(Br)c3cc(Br)cc4c(Br)c(Br)c(c1)c2c34. The van der Waals surface area contributed by atoms with Crippen molar-refractivity contribution in [3.63, 3.8) is 0 Å². The Hall–Kier alpha value is 0.320. The van der Waals surface area contributed by atoms with Crippen molar-refractivity contribution in [2.75, 3.05) is 0 Å². The van der Waals surface area contributed by atoms with Gasteiger partial charge in [-0.1, -0.05) is 36.7 Å². The molecule has 0 aliphatic carbocycles. The van der Waals surface area contributed by atoms with Crippen LogP contribution in [0.1, 0.15) is 26.3 Å². The van der Waals surface area contributed by atoms with Crippen LogP contribution in [-0.2, 0) is 5.41 Å². The lowest BCUT2D eigenvalue weighted by molar-refractivity contribution is 0.591. The molecular formula is C20H13Br5. The first-order chi connectivity index (χ1) is 11.6. The molecule has 0 aromatic heterocycles. The minimum atomic E-state index is 0.0747. The highest BCUT2D eigenvalue weighted by Crippen LogP contribution is 2.50. The molecule has 0 fully saturated rings. The molecule has 0 nitrogen and oxygen atoms in total. The van der Waals surface area contributed by atoms with E-state index in [9.17, 15) is 0 Å². The quantitative estimate of drug-likeness (QED) is 0.166. The molecule has 0 unspecified atom stereocenters. The molecule has 0 amide bonds. The van der Waals surface area contributed by atoms with Gasteiger partial charge in [0.05, 0.1) is 0 Å². The zero-order valence-electron chi connectivity index (χ0n) is 13.7. The summed E-state index contributed by atoms with van der Waals surface area (Å²) in [5, 5.41) is 7.44. The summed E-state index contributed by atoms with van der Waals surface area (Å²) in [7, 11) is 0. The zero-order chi connectivity index (χ0) is 18.3. The van der Waals surface area contributed by atoms with Crippen molar-refractivity contribution >= 4 is 112 Å². The molecule has 0 saturated heterocycles. The highest BCUT2D eigenvalue weighted by molar-refractivity contribution is 9.13. The predicted molar refractivity (Wildman–Crippen MR) is 127 cm³/mol. The van der Waals surface area contributed by atoms with Crippen LogP contribution in [0.5, 0.6) is 0 Å². The van der Waals surface area contributed by atoms with Crippen molar-refractivity contribution in [2.45, 2.75) is 26.2 Å². The summed E-state index contributed by atoms with van der Waals surface area (Å²) in [5.74, 6) is 0. The number of rotatable bonds is 0. The lowest BCUT2D eigenvalue weighted by Crippen LogP contribution is -2.11. The second kappa shape index (κ2) is 6.16. The summed E-state index contributed by atoms with van der Waals surface area (Å²) in [5.41, 5.74) is 1.39. The fraction of sp³-hybridized carbons (Fsp3) is 0.200. The molecule has 0 saturated carbocycles. The van der Waals surface area contributed by atoms with Gasteiger partial charge >= 0.3 is 0 Å². The van der Waals surface area contributed by atoms with E-state index in [4.69, 9.17) is 0 Å². The number of benzene rings is 4. The summed E-state index contributed by atoms with van der Waals surface area (Å²) in [6.07, 6.45) is 0. The van der Waals surface area contributed by atoms with E-state index in [2.05, 4.69) is 125 Å². The van der Waals surface area contributed by atoms with E-state index in [0.717, 1.165) is 22.4 Å². The third kappa shape index (κ3) is 2.75. The van der Waals surface area contributed by atoms with Crippen molar-refractivity contribution in [2.24, 2.45) is 0 Å². The fourth-order valence-electron chi connectivity index (χ4n) is 3.39. The van der Waals surface area contributed by atoms with E-state index < -0.39 is 0 Å². The number of hydrogen-bond donors (Lipinski definition) is 0. The van der Waals surface area contributed by atoms with Gasteiger partial charge in [-0.3, -0.25) is 0 Å². The van der Waals surface area contributed by atoms with Crippen molar-refractivity contribution in [1.29, 1.82) is 0 Å². The van der Waals surface area contributed by atoms with Crippen LogP contribution in [0, 0.1) is 0 Å². The van der Waals surface area contributed by atoms with Crippen LogP contribution in [0.2, 0.25) is 0 Å². The molecular weight excluding hydrogens is 640 g/mol. The van der Waals surface area contributed by atoms with Crippen LogP contribution in [0.3, 0.4) is 0 Å². The second-order valence-electron chi connectivity index (χ2n) is 7.33. The molecule has 0 bridgehead atoms. The van der Waals surface area contributed by atoms with Crippen molar-refractivity contribution < 1.29 is 0 Å². The Bertz CT molecular complexity index is 1090. The molecule has 0 aliphatic rings.